The number of halogens is 1. The molecule has 0 aliphatic heterocycles. The predicted octanol–water partition coefficient (Wildman–Crippen LogP) is 1.02. The van der Waals surface area contributed by atoms with Crippen LogP contribution in [-0.2, 0) is 24.8 Å². The Morgan fingerprint density at radius 2 is 2.20 bits per heavy atom. The summed E-state index contributed by atoms with van der Waals surface area (Å²) in [6.45, 7) is 0.652. The van der Waals surface area contributed by atoms with Crippen molar-refractivity contribution in [2.24, 2.45) is 7.05 Å². The Labute approximate surface area is 143 Å². The highest BCUT2D eigenvalue weighted by Crippen LogP contribution is 2.04. The number of amides is 1. The molecule has 130 valence electrons. The van der Waals surface area contributed by atoms with Crippen molar-refractivity contribution in [2.75, 3.05) is 6.54 Å². The molecule has 0 aliphatic carbocycles. The van der Waals surface area contributed by atoms with E-state index in [9.17, 15) is 14.0 Å². The lowest BCUT2D eigenvalue weighted by Crippen LogP contribution is -2.29. The number of nitrogens with zero attached hydrogens (tertiary/aromatic N) is 4. The number of carbonyl (C=O) groups excluding carboxylic acids is 1. The van der Waals surface area contributed by atoms with Gasteiger partial charge in [0.2, 0.25) is 5.91 Å². The van der Waals surface area contributed by atoms with Crippen LogP contribution in [-0.4, -0.2) is 31.8 Å². The smallest absolute Gasteiger partial charge is 0.264 e. The van der Waals surface area contributed by atoms with Gasteiger partial charge in [-0.05, 0) is 24.1 Å². The van der Waals surface area contributed by atoms with E-state index in [4.69, 9.17) is 0 Å². The van der Waals surface area contributed by atoms with Crippen LogP contribution in [0.1, 0.15) is 12.0 Å². The van der Waals surface area contributed by atoms with Crippen molar-refractivity contribution in [2.45, 2.75) is 19.4 Å². The van der Waals surface area contributed by atoms with E-state index in [1.54, 1.807) is 13.1 Å². The molecular weight excluding hydrogens is 325 g/mol. The normalized spacial score (nSPS) is 11.0. The molecule has 1 aromatic carbocycles. The summed E-state index contributed by atoms with van der Waals surface area (Å²) in [5.41, 5.74) is 1.12. The van der Waals surface area contributed by atoms with E-state index >= 15 is 0 Å². The zero-order valence-electron chi connectivity index (χ0n) is 13.8. The van der Waals surface area contributed by atoms with E-state index in [-0.39, 0.29) is 30.2 Å². The third kappa shape index (κ3) is 3.90. The minimum Gasteiger partial charge on any atom is -0.356 e. The molecule has 0 fully saturated rings. The van der Waals surface area contributed by atoms with Crippen molar-refractivity contribution >= 4 is 16.9 Å². The number of rotatable bonds is 6. The average Bonchev–Trinajstić information content (AvgIpc) is 2.96. The zero-order chi connectivity index (χ0) is 17.8. The van der Waals surface area contributed by atoms with Crippen LogP contribution in [0.5, 0.6) is 0 Å². The van der Waals surface area contributed by atoms with E-state index in [1.807, 2.05) is 6.07 Å². The van der Waals surface area contributed by atoms with E-state index in [1.165, 1.54) is 33.9 Å². The molecule has 0 aliphatic rings. The maximum atomic E-state index is 13.1. The Morgan fingerprint density at radius 1 is 1.36 bits per heavy atom. The largest absolute Gasteiger partial charge is 0.356 e. The van der Waals surface area contributed by atoms with Gasteiger partial charge in [0.05, 0.1) is 12.5 Å². The number of fused-ring (bicyclic) bond motifs is 1. The Kier molecular flexibility index (Phi) is 4.87. The highest BCUT2D eigenvalue weighted by Gasteiger charge is 2.09. The standard InChI is InChI=1S/C17H18FN5O2/c1-22-16-14(10-21-22)17(25)23(11-20-16)8-6-15(24)19-7-5-12-3-2-4-13(18)9-12/h2-4,9-11H,5-8H2,1H3,(H,19,24). The van der Waals surface area contributed by atoms with Gasteiger partial charge in [0, 0.05) is 26.6 Å². The second-order valence-corrected chi connectivity index (χ2v) is 5.73. The SMILES string of the molecule is Cn1ncc2c(=O)n(CCC(=O)NCCc3cccc(F)c3)cnc21. The van der Waals surface area contributed by atoms with Gasteiger partial charge in [0.25, 0.3) is 5.56 Å². The Balaban J connectivity index is 1.52. The maximum absolute atomic E-state index is 13.1. The van der Waals surface area contributed by atoms with Gasteiger partial charge in [0.1, 0.15) is 11.2 Å². The summed E-state index contributed by atoms with van der Waals surface area (Å²) in [5, 5.41) is 7.20. The first-order valence-corrected chi connectivity index (χ1v) is 7.93. The molecular formula is C17H18FN5O2. The van der Waals surface area contributed by atoms with Gasteiger partial charge in [-0.1, -0.05) is 12.1 Å². The van der Waals surface area contributed by atoms with Crippen molar-refractivity contribution in [1.82, 2.24) is 24.6 Å². The molecule has 25 heavy (non-hydrogen) atoms. The molecule has 0 spiro atoms. The second-order valence-electron chi connectivity index (χ2n) is 5.73. The Morgan fingerprint density at radius 3 is 3.00 bits per heavy atom. The second kappa shape index (κ2) is 7.25. The van der Waals surface area contributed by atoms with Crippen molar-refractivity contribution < 1.29 is 9.18 Å². The van der Waals surface area contributed by atoms with Crippen LogP contribution in [0.15, 0.2) is 41.6 Å². The molecule has 8 heteroatoms. The van der Waals surface area contributed by atoms with Gasteiger partial charge in [-0.3, -0.25) is 18.8 Å². The van der Waals surface area contributed by atoms with E-state index in [0.717, 1.165) is 5.56 Å². The fourth-order valence-electron chi connectivity index (χ4n) is 2.57. The molecule has 2 heterocycles. The molecule has 0 saturated heterocycles. The highest BCUT2D eigenvalue weighted by molar-refractivity contribution is 5.76. The molecule has 7 nitrogen and oxygen atoms in total. The Bertz CT molecular complexity index is 963. The molecule has 0 bridgehead atoms. The quantitative estimate of drug-likeness (QED) is 0.724. The number of aromatic nitrogens is 4. The third-order valence-corrected chi connectivity index (χ3v) is 3.92. The van der Waals surface area contributed by atoms with E-state index in [2.05, 4.69) is 15.4 Å². The van der Waals surface area contributed by atoms with Crippen LogP contribution in [0.25, 0.3) is 11.0 Å². The van der Waals surface area contributed by atoms with Gasteiger partial charge in [-0.25, -0.2) is 9.37 Å². The van der Waals surface area contributed by atoms with Crippen molar-refractivity contribution in [1.29, 1.82) is 0 Å². The summed E-state index contributed by atoms with van der Waals surface area (Å²) in [6, 6.07) is 6.28. The van der Waals surface area contributed by atoms with Crippen LogP contribution in [0.4, 0.5) is 4.39 Å². The average molecular weight is 343 g/mol. The highest BCUT2D eigenvalue weighted by atomic mass is 19.1. The first kappa shape index (κ1) is 16.8. The molecule has 0 radical (unpaired) electrons. The molecule has 0 atom stereocenters. The van der Waals surface area contributed by atoms with Crippen LogP contribution in [0, 0.1) is 5.82 Å². The fraction of sp³-hybridized carbons (Fsp3) is 0.294. The first-order valence-electron chi connectivity index (χ1n) is 7.93. The number of carbonyl (C=O) groups is 1. The molecule has 1 N–H and O–H groups in total. The molecule has 0 unspecified atom stereocenters. The van der Waals surface area contributed by atoms with Crippen LogP contribution < -0.4 is 10.9 Å². The van der Waals surface area contributed by atoms with Crippen LogP contribution in [0.2, 0.25) is 0 Å². The molecule has 3 aromatic rings. The lowest BCUT2D eigenvalue weighted by Gasteiger charge is -2.07. The van der Waals surface area contributed by atoms with Crippen LogP contribution >= 0.6 is 0 Å². The zero-order valence-corrected chi connectivity index (χ0v) is 13.8. The number of hydrogen-bond donors (Lipinski definition) is 1. The third-order valence-electron chi connectivity index (χ3n) is 3.92. The summed E-state index contributed by atoms with van der Waals surface area (Å²) in [5.74, 6) is -0.462. The predicted molar refractivity (Wildman–Crippen MR) is 90.5 cm³/mol. The van der Waals surface area contributed by atoms with Crippen molar-refractivity contribution in [3.8, 4) is 0 Å². The van der Waals surface area contributed by atoms with Gasteiger partial charge in [0.15, 0.2) is 5.65 Å². The summed E-state index contributed by atoms with van der Waals surface area (Å²) < 4.78 is 16.0. The van der Waals surface area contributed by atoms with Gasteiger partial charge >= 0.3 is 0 Å². The molecule has 0 saturated carbocycles. The lowest BCUT2D eigenvalue weighted by atomic mass is 10.1. The number of aryl methyl sites for hydroxylation is 2. The molecule has 2 aromatic heterocycles. The minimum atomic E-state index is -0.290. The topological polar surface area (TPSA) is 81.8 Å². The number of benzene rings is 1. The summed E-state index contributed by atoms with van der Waals surface area (Å²) >= 11 is 0. The molecule has 3 rings (SSSR count). The maximum Gasteiger partial charge on any atom is 0.264 e. The van der Waals surface area contributed by atoms with E-state index in [0.29, 0.717) is 24.0 Å². The van der Waals surface area contributed by atoms with Crippen LogP contribution in [0.3, 0.4) is 0 Å². The van der Waals surface area contributed by atoms with Crippen molar-refractivity contribution in [3.63, 3.8) is 0 Å². The van der Waals surface area contributed by atoms with Gasteiger partial charge in [-0.15, -0.1) is 0 Å². The number of hydrogen-bond acceptors (Lipinski definition) is 4. The monoisotopic (exact) mass is 343 g/mol. The summed E-state index contributed by atoms with van der Waals surface area (Å²) in [4.78, 5) is 28.4. The van der Waals surface area contributed by atoms with Gasteiger partial charge in [-0.2, -0.15) is 5.10 Å². The van der Waals surface area contributed by atoms with E-state index < -0.39 is 0 Å². The fourth-order valence-corrected chi connectivity index (χ4v) is 2.57. The molecule has 1 amide bonds. The lowest BCUT2D eigenvalue weighted by molar-refractivity contribution is -0.121. The Hall–Kier alpha value is -3.03. The summed E-state index contributed by atoms with van der Waals surface area (Å²) in [7, 11) is 1.71. The van der Waals surface area contributed by atoms with Crippen molar-refractivity contribution in [3.05, 3.63) is 58.5 Å². The van der Waals surface area contributed by atoms with Gasteiger partial charge < -0.3 is 5.32 Å². The summed E-state index contributed by atoms with van der Waals surface area (Å²) in [6.07, 6.45) is 3.61. The number of nitrogens with one attached hydrogen (secondary N) is 1. The minimum absolute atomic E-state index is 0.163. The first-order chi connectivity index (χ1) is 12.0.